The zero-order valence-electron chi connectivity index (χ0n) is 11.2. The molecular formula is C16H12N4O. The number of aromatic nitrogens is 2. The molecular weight excluding hydrogens is 264 g/mol. The van der Waals surface area contributed by atoms with Crippen molar-refractivity contribution in [3.63, 3.8) is 0 Å². The minimum atomic E-state index is 0.489. The molecule has 0 atom stereocenters. The highest BCUT2D eigenvalue weighted by Gasteiger charge is 2.07. The van der Waals surface area contributed by atoms with Crippen LogP contribution in [0.4, 0.5) is 5.82 Å². The number of rotatable bonds is 4. The van der Waals surface area contributed by atoms with Gasteiger partial charge in [0.15, 0.2) is 0 Å². The summed E-state index contributed by atoms with van der Waals surface area (Å²) in [5.41, 5.74) is 2.36. The zero-order chi connectivity index (χ0) is 14.5. The molecule has 3 rings (SSSR count). The van der Waals surface area contributed by atoms with Crippen LogP contribution < -0.4 is 5.32 Å². The van der Waals surface area contributed by atoms with Crippen LogP contribution in [0.1, 0.15) is 11.3 Å². The van der Waals surface area contributed by atoms with Crippen molar-refractivity contribution >= 4 is 5.82 Å². The lowest BCUT2D eigenvalue weighted by Gasteiger charge is -2.07. The van der Waals surface area contributed by atoms with E-state index in [4.69, 9.17) is 4.42 Å². The quantitative estimate of drug-likeness (QED) is 0.791. The van der Waals surface area contributed by atoms with Crippen molar-refractivity contribution in [2.75, 3.05) is 5.32 Å². The monoisotopic (exact) mass is 276 g/mol. The SMILES string of the molecule is N#Cc1cc(-c2ccncc2)cnc1NCc1ccco1. The summed E-state index contributed by atoms with van der Waals surface area (Å²) >= 11 is 0. The van der Waals surface area contributed by atoms with Crippen LogP contribution in [0.2, 0.25) is 0 Å². The van der Waals surface area contributed by atoms with Crippen molar-refractivity contribution in [3.8, 4) is 17.2 Å². The number of pyridine rings is 2. The fourth-order valence-corrected chi connectivity index (χ4v) is 1.98. The summed E-state index contributed by atoms with van der Waals surface area (Å²) < 4.78 is 5.24. The Bertz CT molecular complexity index is 761. The van der Waals surface area contributed by atoms with E-state index in [1.807, 2.05) is 30.3 Å². The molecule has 0 aromatic carbocycles. The maximum atomic E-state index is 9.28. The van der Waals surface area contributed by atoms with Crippen molar-refractivity contribution < 1.29 is 4.42 Å². The Morgan fingerprint density at radius 3 is 2.76 bits per heavy atom. The van der Waals surface area contributed by atoms with Gasteiger partial charge in [0.2, 0.25) is 0 Å². The van der Waals surface area contributed by atoms with E-state index in [-0.39, 0.29) is 0 Å². The second kappa shape index (κ2) is 5.88. The number of anilines is 1. The van der Waals surface area contributed by atoms with Gasteiger partial charge in [-0.2, -0.15) is 5.26 Å². The van der Waals surface area contributed by atoms with E-state index in [2.05, 4.69) is 21.4 Å². The van der Waals surface area contributed by atoms with Crippen LogP contribution in [0.15, 0.2) is 59.6 Å². The fourth-order valence-electron chi connectivity index (χ4n) is 1.98. The molecule has 0 saturated heterocycles. The lowest BCUT2D eigenvalue weighted by molar-refractivity contribution is 0.518. The Morgan fingerprint density at radius 2 is 2.05 bits per heavy atom. The molecule has 102 valence electrons. The average molecular weight is 276 g/mol. The molecule has 3 aromatic heterocycles. The van der Waals surface area contributed by atoms with Gasteiger partial charge in [-0.1, -0.05) is 0 Å². The highest BCUT2D eigenvalue weighted by Crippen LogP contribution is 2.22. The Morgan fingerprint density at radius 1 is 1.19 bits per heavy atom. The van der Waals surface area contributed by atoms with Gasteiger partial charge in [-0.15, -0.1) is 0 Å². The summed E-state index contributed by atoms with van der Waals surface area (Å²) in [6.07, 6.45) is 6.78. The van der Waals surface area contributed by atoms with Crippen molar-refractivity contribution in [2.24, 2.45) is 0 Å². The molecule has 0 aliphatic rings. The zero-order valence-corrected chi connectivity index (χ0v) is 11.2. The van der Waals surface area contributed by atoms with Crippen molar-refractivity contribution in [1.29, 1.82) is 5.26 Å². The Labute approximate surface area is 121 Å². The first kappa shape index (κ1) is 12.9. The average Bonchev–Trinajstić information content (AvgIpc) is 3.07. The van der Waals surface area contributed by atoms with Gasteiger partial charge in [0.05, 0.1) is 18.4 Å². The van der Waals surface area contributed by atoms with E-state index in [0.29, 0.717) is 17.9 Å². The Hall–Kier alpha value is -3.13. The molecule has 3 aromatic rings. The molecule has 1 N–H and O–H groups in total. The molecule has 0 aliphatic carbocycles. The van der Waals surface area contributed by atoms with Gasteiger partial charge in [-0.25, -0.2) is 4.98 Å². The molecule has 0 fully saturated rings. The van der Waals surface area contributed by atoms with Gasteiger partial charge < -0.3 is 9.73 Å². The number of furan rings is 1. The minimum Gasteiger partial charge on any atom is -0.467 e. The van der Waals surface area contributed by atoms with Crippen LogP contribution in [0.3, 0.4) is 0 Å². The van der Waals surface area contributed by atoms with Crippen LogP contribution in [0.5, 0.6) is 0 Å². The predicted molar refractivity (Wildman–Crippen MR) is 78.2 cm³/mol. The number of hydrogen-bond donors (Lipinski definition) is 1. The number of nitrogens with zero attached hydrogens (tertiary/aromatic N) is 3. The summed E-state index contributed by atoms with van der Waals surface area (Å²) in [4.78, 5) is 8.31. The Balaban J connectivity index is 1.84. The third kappa shape index (κ3) is 2.90. The maximum Gasteiger partial charge on any atom is 0.144 e. The first-order chi connectivity index (χ1) is 10.4. The lowest BCUT2D eigenvalue weighted by atomic mass is 10.1. The predicted octanol–water partition coefficient (Wildman–Crippen LogP) is 3.22. The minimum absolute atomic E-state index is 0.489. The molecule has 0 spiro atoms. The molecule has 0 radical (unpaired) electrons. The van der Waals surface area contributed by atoms with E-state index in [1.54, 1.807) is 24.9 Å². The normalized spacial score (nSPS) is 10.0. The topological polar surface area (TPSA) is 74.7 Å². The Kier molecular flexibility index (Phi) is 3.61. The van der Waals surface area contributed by atoms with E-state index in [0.717, 1.165) is 16.9 Å². The summed E-state index contributed by atoms with van der Waals surface area (Å²) in [6, 6.07) is 11.4. The van der Waals surface area contributed by atoms with E-state index >= 15 is 0 Å². The van der Waals surface area contributed by atoms with Crippen molar-refractivity contribution in [3.05, 3.63) is 66.5 Å². The number of hydrogen-bond acceptors (Lipinski definition) is 5. The number of nitriles is 1. The third-order valence-electron chi connectivity index (χ3n) is 3.03. The molecule has 3 heterocycles. The lowest BCUT2D eigenvalue weighted by Crippen LogP contribution is -2.03. The summed E-state index contributed by atoms with van der Waals surface area (Å²) in [5.74, 6) is 1.34. The van der Waals surface area contributed by atoms with Gasteiger partial charge in [0.1, 0.15) is 17.6 Å². The van der Waals surface area contributed by atoms with Crippen molar-refractivity contribution in [2.45, 2.75) is 6.54 Å². The molecule has 21 heavy (non-hydrogen) atoms. The summed E-state index contributed by atoms with van der Waals surface area (Å²) in [7, 11) is 0. The molecule has 0 saturated carbocycles. The summed E-state index contributed by atoms with van der Waals surface area (Å²) in [5, 5.41) is 12.4. The van der Waals surface area contributed by atoms with Crippen LogP contribution in [0.25, 0.3) is 11.1 Å². The van der Waals surface area contributed by atoms with Gasteiger partial charge in [0.25, 0.3) is 0 Å². The molecule has 0 bridgehead atoms. The largest absolute Gasteiger partial charge is 0.467 e. The second-order valence-corrected chi connectivity index (χ2v) is 4.40. The van der Waals surface area contributed by atoms with Crippen LogP contribution in [-0.2, 0) is 6.54 Å². The van der Waals surface area contributed by atoms with E-state index in [9.17, 15) is 5.26 Å². The fraction of sp³-hybridized carbons (Fsp3) is 0.0625. The maximum absolute atomic E-state index is 9.28. The molecule has 0 amide bonds. The number of nitrogens with one attached hydrogen (secondary N) is 1. The van der Waals surface area contributed by atoms with Gasteiger partial charge in [0, 0.05) is 24.2 Å². The first-order valence-corrected chi connectivity index (χ1v) is 6.43. The van der Waals surface area contributed by atoms with Gasteiger partial charge >= 0.3 is 0 Å². The highest BCUT2D eigenvalue weighted by atomic mass is 16.3. The molecule has 0 aliphatic heterocycles. The molecule has 0 unspecified atom stereocenters. The standard InChI is InChI=1S/C16H12N4O/c17-9-13-8-14(12-3-5-18-6-4-12)10-19-16(13)20-11-15-2-1-7-21-15/h1-8,10H,11H2,(H,19,20). The highest BCUT2D eigenvalue weighted by molar-refractivity contribution is 5.67. The molecule has 5 heteroatoms. The molecule has 5 nitrogen and oxygen atoms in total. The van der Waals surface area contributed by atoms with Gasteiger partial charge in [-0.3, -0.25) is 4.98 Å². The van der Waals surface area contributed by atoms with Crippen LogP contribution in [-0.4, -0.2) is 9.97 Å². The van der Waals surface area contributed by atoms with Crippen LogP contribution in [0, 0.1) is 11.3 Å². The smallest absolute Gasteiger partial charge is 0.144 e. The van der Waals surface area contributed by atoms with E-state index in [1.165, 1.54) is 0 Å². The second-order valence-electron chi connectivity index (χ2n) is 4.40. The third-order valence-corrected chi connectivity index (χ3v) is 3.03. The van der Waals surface area contributed by atoms with Gasteiger partial charge in [-0.05, 0) is 35.9 Å². The van der Waals surface area contributed by atoms with Crippen LogP contribution >= 0.6 is 0 Å². The summed E-state index contributed by atoms with van der Waals surface area (Å²) in [6.45, 7) is 0.489. The van der Waals surface area contributed by atoms with Crippen molar-refractivity contribution in [1.82, 2.24) is 9.97 Å². The first-order valence-electron chi connectivity index (χ1n) is 6.43. The van der Waals surface area contributed by atoms with E-state index < -0.39 is 0 Å².